The fourth-order valence-corrected chi connectivity index (χ4v) is 3.46. The van der Waals surface area contributed by atoms with Crippen LogP contribution >= 0.6 is 0 Å². The predicted octanol–water partition coefficient (Wildman–Crippen LogP) is 2.89. The van der Waals surface area contributed by atoms with Gasteiger partial charge in [0, 0.05) is 24.6 Å². The van der Waals surface area contributed by atoms with E-state index in [0.717, 1.165) is 17.0 Å². The number of amides is 2. The summed E-state index contributed by atoms with van der Waals surface area (Å²) in [6, 6.07) is 15.0. The molecule has 1 N–H and O–H groups in total. The minimum atomic E-state index is -0.208. The lowest BCUT2D eigenvalue weighted by Gasteiger charge is -2.30. The van der Waals surface area contributed by atoms with Crippen LogP contribution in [0.1, 0.15) is 18.9 Å². The highest BCUT2D eigenvalue weighted by Gasteiger charge is 2.29. The maximum Gasteiger partial charge on any atom is 0.241 e. The highest BCUT2D eigenvalue weighted by molar-refractivity contribution is 6.04. The predicted molar refractivity (Wildman–Crippen MR) is 106 cm³/mol. The van der Waals surface area contributed by atoms with Crippen molar-refractivity contribution in [3.8, 4) is 5.75 Å². The smallest absolute Gasteiger partial charge is 0.241 e. The largest absolute Gasteiger partial charge is 0.496 e. The fourth-order valence-electron chi connectivity index (χ4n) is 3.46. The molecule has 1 heterocycles. The van der Waals surface area contributed by atoms with Crippen LogP contribution in [-0.4, -0.2) is 43.5 Å². The van der Waals surface area contributed by atoms with Crippen LogP contribution < -0.4 is 15.0 Å². The summed E-state index contributed by atoms with van der Waals surface area (Å²) >= 11 is 0. The summed E-state index contributed by atoms with van der Waals surface area (Å²) in [5.41, 5.74) is 2.44. The first-order valence-corrected chi connectivity index (χ1v) is 9.01. The Hall–Kier alpha value is -2.86. The molecule has 0 radical (unpaired) electrons. The number of ether oxygens (including phenoxy) is 1. The minimum Gasteiger partial charge on any atom is -0.496 e. The molecule has 6 heteroatoms. The summed E-state index contributed by atoms with van der Waals surface area (Å²) in [5, 5.41) is 2.88. The van der Waals surface area contributed by atoms with E-state index in [1.807, 2.05) is 67.4 Å². The van der Waals surface area contributed by atoms with Crippen LogP contribution in [0.3, 0.4) is 0 Å². The summed E-state index contributed by atoms with van der Waals surface area (Å²) in [5.74, 6) is 0.691. The Bertz CT molecular complexity index is 837. The Labute approximate surface area is 159 Å². The number of likely N-dealkylation sites (N-methyl/N-ethyl adjacent to an activating group) is 1. The van der Waals surface area contributed by atoms with Crippen molar-refractivity contribution < 1.29 is 14.3 Å². The number of para-hydroxylation sites is 3. The molecule has 0 bridgehead atoms. The van der Waals surface area contributed by atoms with Gasteiger partial charge in [0.15, 0.2) is 0 Å². The van der Waals surface area contributed by atoms with Gasteiger partial charge in [0.2, 0.25) is 11.8 Å². The van der Waals surface area contributed by atoms with Crippen molar-refractivity contribution in [3.63, 3.8) is 0 Å². The Balaban J connectivity index is 1.77. The quantitative estimate of drug-likeness (QED) is 0.883. The van der Waals surface area contributed by atoms with Crippen molar-refractivity contribution in [1.82, 2.24) is 4.90 Å². The van der Waals surface area contributed by atoms with Crippen LogP contribution in [0.4, 0.5) is 11.4 Å². The summed E-state index contributed by atoms with van der Waals surface area (Å²) in [6.45, 7) is 2.74. The molecular weight excluding hydrogens is 342 g/mol. The maximum absolute atomic E-state index is 13.1. The molecule has 2 amide bonds. The zero-order valence-corrected chi connectivity index (χ0v) is 15.9. The highest BCUT2D eigenvalue weighted by Crippen LogP contribution is 2.31. The number of rotatable bonds is 5. The van der Waals surface area contributed by atoms with Crippen LogP contribution in [0, 0.1) is 0 Å². The van der Waals surface area contributed by atoms with Gasteiger partial charge >= 0.3 is 0 Å². The number of hydrogen-bond acceptors (Lipinski definition) is 4. The molecule has 27 heavy (non-hydrogen) atoms. The van der Waals surface area contributed by atoms with Gasteiger partial charge in [-0.1, -0.05) is 30.3 Å². The molecule has 0 aromatic heterocycles. The average Bonchev–Trinajstić information content (AvgIpc) is 2.76. The van der Waals surface area contributed by atoms with Crippen molar-refractivity contribution in [1.29, 1.82) is 0 Å². The van der Waals surface area contributed by atoms with Crippen LogP contribution in [0.15, 0.2) is 48.5 Å². The van der Waals surface area contributed by atoms with Gasteiger partial charge in [-0.2, -0.15) is 0 Å². The fraction of sp³-hybridized carbons (Fsp3) is 0.333. The zero-order valence-electron chi connectivity index (χ0n) is 15.9. The van der Waals surface area contributed by atoms with Gasteiger partial charge in [-0.05, 0) is 32.2 Å². The summed E-state index contributed by atoms with van der Waals surface area (Å²) in [4.78, 5) is 28.9. The van der Waals surface area contributed by atoms with Gasteiger partial charge in [-0.25, -0.2) is 0 Å². The molecule has 0 fully saturated rings. The standard InChI is InChI=1S/C21H25N3O3/c1-15-12-20(25)22-17-9-5-6-10-18(17)24(15)21(26)14-23(2)13-16-8-4-7-11-19(16)27-3/h4-11,15H,12-14H2,1-3H3,(H,22,25)/t15-/m1/s1. The molecule has 0 saturated heterocycles. The van der Waals surface area contributed by atoms with Crippen LogP contribution in [-0.2, 0) is 16.1 Å². The summed E-state index contributed by atoms with van der Waals surface area (Å²) < 4.78 is 5.39. The zero-order chi connectivity index (χ0) is 19.4. The van der Waals surface area contributed by atoms with Gasteiger partial charge in [-0.3, -0.25) is 14.5 Å². The lowest BCUT2D eigenvalue weighted by Crippen LogP contribution is -2.44. The molecule has 6 nitrogen and oxygen atoms in total. The molecule has 3 rings (SSSR count). The Morgan fingerprint density at radius 2 is 1.93 bits per heavy atom. The Morgan fingerprint density at radius 1 is 1.22 bits per heavy atom. The average molecular weight is 367 g/mol. The molecule has 2 aromatic rings. The molecule has 0 unspecified atom stereocenters. The van der Waals surface area contributed by atoms with E-state index in [1.165, 1.54) is 0 Å². The number of nitrogens with zero attached hydrogens (tertiary/aromatic N) is 2. The van der Waals surface area contributed by atoms with Crippen LogP contribution in [0.2, 0.25) is 0 Å². The van der Waals surface area contributed by atoms with Crippen LogP contribution in [0.5, 0.6) is 5.75 Å². The number of nitrogens with one attached hydrogen (secondary N) is 1. The molecular formula is C21H25N3O3. The SMILES string of the molecule is COc1ccccc1CN(C)CC(=O)N1c2ccccc2NC(=O)C[C@H]1C. The second kappa shape index (κ2) is 8.22. The van der Waals surface area contributed by atoms with E-state index in [0.29, 0.717) is 12.2 Å². The highest BCUT2D eigenvalue weighted by atomic mass is 16.5. The van der Waals surface area contributed by atoms with E-state index >= 15 is 0 Å². The second-order valence-electron chi connectivity index (χ2n) is 6.87. The number of carbonyl (C=O) groups excluding carboxylic acids is 2. The summed E-state index contributed by atoms with van der Waals surface area (Å²) in [7, 11) is 3.55. The molecule has 1 aliphatic rings. The van der Waals surface area contributed by atoms with E-state index < -0.39 is 0 Å². The molecule has 1 atom stereocenters. The molecule has 0 aliphatic carbocycles. The van der Waals surface area contributed by atoms with Crippen LogP contribution in [0.25, 0.3) is 0 Å². The molecule has 142 valence electrons. The van der Waals surface area contributed by atoms with Gasteiger partial charge in [0.1, 0.15) is 5.75 Å². The normalized spacial score (nSPS) is 16.5. The summed E-state index contributed by atoms with van der Waals surface area (Å²) in [6.07, 6.45) is 0.274. The lowest BCUT2D eigenvalue weighted by molar-refractivity contribution is -0.120. The maximum atomic E-state index is 13.1. The van der Waals surface area contributed by atoms with Crippen molar-refractivity contribution in [2.75, 3.05) is 30.9 Å². The van der Waals surface area contributed by atoms with E-state index in [9.17, 15) is 9.59 Å². The van der Waals surface area contributed by atoms with Gasteiger partial charge in [-0.15, -0.1) is 0 Å². The number of methoxy groups -OCH3 is 1. The molecule has 0 saturated carbocycles. The first-order valence-electron chi connectivity index (χ1n) is 9.01. The van der Waals surface area contributed by atoms with Crippen molar-refractivity contribution in [2.45, 2.75) is 25.9 Å². The van der Waals surface area contributed by atoms with Crippen molar-refractivity contribution >= 4 is 23.2 Å². The number of carbonyl (C=O) groups is 2. The third kappa shape index (κ3) is 4.28. The first kappa shape index (κ1) is 18.9. The van der Waals surface area contributed by atoms with Gasteiger partial charge < -0.3 is 15.0 Å². The van der Waals surface area contributed by atoms with Crippen molar-refractivity contribution in [3.05, 3.63) is 54.1 Å². The monoisotopic (exact) mass is 367 g/mol. The van der Waals surface area contributed by atoms with E-state index in [1.54, 1.807) is 12.0 Å². The van der Waals surface area contributed by atoms with Crippen molar-refractivity contribution in [2.24, 2.45) is 0 Å². The number of hydrogen-bond donors (Lipinski definition) is 1. The van der Waals surface area contributed by atoms with E-state index in [2.05, 4.69) is 5.32 Å². The molecule has 0 spiro atoms. The van der Waals surface area contributed by atoms with E-state index in [4.69, 9.17) is 4.74 Å². The molecule has 1 aliphatic heterocycles. The third-order valence-electron chi connectivity index (χ3n) is 4.67. The number of anilines is 2. The lowest BCUT2D eigenvalue weighted by atomic mass is 10.1. The van der Waals surface area contributed by atoms with Gasteiger partial charge in [0.05, 0.1) is 25.0 Å². The Kier molecular flexibility index (Phi) is 5.76. The molecule has 2 aromatic carbocycles. The number of fused-ring (bicyclic) bond motifs is 1. The minimum absolute atomic E-state index is 0.0381. The van der Waals surface area contributed by atoms with E-state index in [-0.39, 0.29) is 30.8 Å². The topological polar surface area (TPSA) is 61.9 Å². The third-order valence-corrected chi connectivity index (χ3v) is 4.67. The first-order chi connectivity index (χ1) is 13.0. The Morgan fingerprint density at radius 3 is 2.70 bits per heavy atom. The van der Waals surface area contributed by atoms with Gasteiger partial charge in [0.25, 0.3) is 0 Å². The number of benzene rings is 2. The second-order valence-corrected chi connectivity index (χ2v) is 6.87.